The molecule has 0 aliphatic carbocycles. The zero-order valence-electron chi connectivity index (χ0n) is 17.9. The maximum atomic E-state index is 12.7. The standard InChI is InChI=1S/C25H22N2O6/c1-32-21-14-8-6-12-19(21)25(31)26-15-23(29)33-16-22(28)27-20-13-7-5-11-18(20)24(30)17-9-3-2-4-10-17/h2-14H,15-16H2,1H3,(H,26,31)(H,27,28). The van der Waals surface area contributed by atoms with Crippen LogP contribution in [-0.4, -0.2) is 43.8 Å². The predicted octanol–water partition coefficient (Wildman–Crippen LogP) is 2.84. The molecule has 0 fully saturated rings. The Hall–Kier alpha value is -4.46. The molecular weight excluding hydrogens is 424 g/mol. The molecule has 0 aliphatic heterocycles. The van der Waals surface area contributed by atoms with Gasteiger partial charge in [0.1, 0.15) is 12.3 Å². The van der Waals surface area contributed by atoms with Gasteiger partial charge < -0.3 is 20.1 Å². The van der Waals surface area contributed by atoms with Crippen LogP contribution in [0.3, 0.4) is 0 Å². The molecule has 0 unspecified atom stereocenters. The maximum Gasteiger partial charge on any atom is 0.325 e. The van der Waals surface area contributed by atoms with Crippen molar-refractivity contribution in [1.29, 1.82) is 0 Å². The summed E-state index contributed by atoms with van der Waals surface area (Å²) in [6, 6.07) is 21.8. The number of para-hydroxylation sites is 2. The number of carbonyl (C=O) groups is 4. The van der Waals surface area contributed by atoms with E-state index in [1.165, 1.54) is 7.11 Å². The monoisotopic (exact) mass is 446 g/mol. The van der Waals surface area contributed by atoms with Gasteiger partial charge in [-0.3, -0.25) is 19.2 Å². The van der Waals surface area contributed by atoms with E-state index in [0.29, 0.717) is 22.6 Å². The van der Waals surface area contributed by atoms with Gasteiger partial charge in [0.2, 0.25) is 0 Å². The zero-order chi connectivity index (χ0) is 23.6. The van der Waals surface area contributed by atoms with Crippen LogP contribution >= 0.6 is 0 Å². The van der Waals surface area contributed by atoms with Gasteiger partial charge in [-0.25, -0.2) is 0 Å². The SMILES string of the molecule is COc1ccccc1C(=O)NCC(=O)OCC(=O)Nc1ccccc1C(=O)c1ccccc1. The van der Waals surface area contributed by atoms with Crippen LogP contribution in [0.25, 0.3) is 0 Å². The first-order valence-electron chi connectivity index (χ1n) is 10.0. The summed E-state index contributed by atoms with van der Waals surface area (Å²) in [6.45, 7) is -0.996. The number of hydrogen-bond donors (Lipinski definition) is 2. The van der Waals surface area contributed by atoms with Crippen molar-refractivity contribution < 1.29 is 28.7 Å². The molecule has 33 heavy (non-hydrogen) atoms. The van der Waals surface area contributed by atoms with Gasteiger partial charge >= 0.3 is 5.97 Å². The molecule has 3 rings (SSSR count). The topological polar surface area (TPSA) is 111 Å². The second-order valence-electron chi connectivity index (χ2n) is 6.83. The van der Waals surface area contributed by atoms with Crippen molar-refractivity contribution in [3.8, 4) is 5.75 Å². The quantitative estimate of drug-likeness (QED) is 0.386. The first-order valence-corrected chi connectivity index (χ1v) is 10.0. The second kappa shape index (κ2) is 11.2. The number of rotatable bonds is 9. The van der Waals surface area contributed by atoms with Gasteiger partial charge in [0.15, 0.2) is 12.4 Å². The van der Waals surface area contributed by atoms with Gasteiger partial charge in [-0.05, 0) is 24.3 Å². The van der Waals surface area contributed by atoms with Crippen LogP contribution in [0.4, 0.5) is 5.69 Å². The molecule has 8 nitrogen and oxygen atoms in total. The predicted molar refractivity (Wildman–Crippen MR) is 121 cm³/mol. The number of hydrogen-bond acceptors (Lipinski definition) is 6. The number of amides is 2. The van der Waals surface area contributed by atoms with Crippen LogP contribution in [0.15, 0.2) is 78.9 Å². The van der Waals surface area contributed by atoms with E-state index < -0.39 is 30.9 Å². The fourth-order valence-electron chi connectivity index (χ4n) is 3.00. The highest BCUT2D eigenvalue weighted by molar-refractivity contribution is 6.13. The van der Waals surface area contributed by atoms with Crippen molar-refractivity contribution in [2.75, 3.05) is 25.6 Å². The third kappa shape index (κ3) is 6.27. The molecule has 8 heteroatoms. The van der Waals surface area contributed by atoms with Gasteiger partial charge in [-0.2, -0.15) is 0 Å². The lowest BCUT2D eigenvalue weighted by molar-refractivity contribution is -0.146. The van der Waals surface area contributed by atoms with E-state index in [-0.39, 0.29) is 11.3 Å². The van der Waals surface area contributed by atoms with E-state index in [4.69, 9.17) is 9.47 Å². The van der Waals surface area contributed by atoms with Crippen molar-refractivity contribution >= 4 is 29.3 Å². The summed E-state index contributed by atoms with van der Waals surface area (Å²) in [4.78, 5) is 49.2. The van der Waals surface area contributed by atoms with E-state index in [1.54, 1.807) is 78.9 Å². The number of ether oxygens (including phenoxy) is 2. The lowest BCUT2D eigenvalue weighted by Gasteiger charge is -2.11. The Kier molecular flexibility index (Phi) is 7.91. The molecule has 0 heterocycles. The molecular formula is C25H22N2O6. The smallest absolute Gasteiger partial charge is 0.325 e. The zero-order valence-corrected chi connectivity index (χ0v) is 17.9. The highest BCUT2D eigenvalue weighted by atomic mass is 16.5. The van der Waals surface area contributed by atoms with E-state index >= 15 is 0 Å². The molecule has 0 aromatic heterocycles. The normalized spacial score (nSPS) is 10.1. The number of benzene rings is 3. The summed E-state index contributed by atoms with van der Waals surface area (Å²) in [5.41, 5.74) is 1.37. The van der Waals surface area contributed by atoms with E-state index in [9.17, 15) is 19.2 Å². The third-order valence-electron chi connectivity index (χ3n) is 4.59. The Morgan fingerprint density at radius 1 is 0.788 bits per heavy atom. The van der Waals surface area contributed by atoms with Crippen LogP contribution < -0.4 is 15.4 Å². The Balaban J connectivity index is 1.52. The maximum absolute atomic E-state index is 12.7. The number of esters is 1. The molecule has 3 aromatic carbocycles. The molecule has 0 bridgehead atoms. The van der Waals surface area contributed by atoms with Gasteiger partial charge in [0.25, 0.3) is 11.8 Å². The average molecular weight is 446 g/mol. The summed E-state index contributed by atoms with van der Waals surface area (Å²) >= 11 is 0. The van der Waals surface area contributed by atoms with E-state index in [1.807, 2.05) is 0 Å². The molecule has 0 radical (unpaired) electrons. The minimum Gasteiger partial charge on any atom is -0.496 e. The van der Waals surface area contributed by atoms with Crippen LogP contribution in [0.1, 0.15) is 26.3 Å². The minimum absolute atomic E-state index is 0.248. The lowest BCUT2D eigenvalue weighted by Crippen LogP contribution is -2.32. The third-order valence-corrected chi connectivity index (χ3v) is 4.59. The molecule has 0 spiro atoms. The number of ketones is 1. The molecule has 0 saturated carbocycles. The van der Waals surface area contributed by atoms with Crippen molar-refractivity contribution in [2.45, 2.75) is 0 Å². The van der Waals surface area contributed by atoms with Gasteiger partial charge in [-0.15, -0.1) is 0 Å². The highest BCUT2D eigenvalue weighted by Crippen LogP contribution is 2.19. The van der Waals surface area contributed by atoms with Crippen molar-refractivity contribution in [1.82, 2.24) is 5.32 Å². The fourth-order valence-corrected chi connectivity index (χ4v) is 3.00. The first kappa shape index (κ1) is 23.2. The van der Waals surface area contributed by atoms with E-state index in [2.05, 4.69) is 10.6 Å². The molecule has 0 saturated heterocycles. The molecule has 0 atom stereocenters. The van der Waals surface area contributed by atoms with Crippen molar-refractivity contribution in [3.05, 3.63) is 95.6 Å². The average Bonchev–Trinajstić information content (AvgIpc) is 2.86. The number of nitrogens with one attached hydrogen (secondary N) is 2. The molecule has 3 aromatic rings. The van der Waals surface area contributed by atoms with Crippen LogP contribution in [0.5, 0.6) is 5.75 Å². The van der Waals surface area contributed by atoms with Crippen LogP contribution in [0, 0.1) is 0 Å². The number of carbonyl (C=O) groups excluding carboxylic acids is 4. The van der Waals surface area contributed by atoms with Gasteiger partial charge in [-0.1, -0.05) is 54.6 Å². The van der Waals surface area contributed by atoms with Gasteiger partial charge in [0, 0.05) is 11.1 Å². The Morgan fingerprint density at radius 3 is 2.15 bits per heavy atom. The fraction of sp³-hybridized carbons (Fsp3) is 0.120. The number of anilines is 1. The second-order valence-corrected chi connectivity index (χ2v) is 6.83. The summed E-state index contributed by atoms with van der Waals surface area (Å²) in [5, 5.41) is 5.00. The largest absolute Gasteiger partial charge is 0.496 e. The molecule has 2 N–H and O–H groups in total. The summed E-state index contributed by atoms with van der Waals surface area (Å²) in [7, 11) is 1.44. The van der Waals surface area contributed by atoms with E-state index in [0.717, 1.165) is 0 Å². The van der Waals surface area contributed by atoms with Crippen molar-refractivity contribution in [2.24, 2.45) is 0 Å². The molecule has 0 aliphatic rings. The minimum atomic E-state index is -0.790. The Bertz CT molecular complexity index is 1160. The number of methoxy groups -OCH3 is 1. The van der Waals surface area contributed by atoms with Crippen LogP contribution in [0.2, 0.25) is 0 Å². The lowest BCUT2D eigenvalue weighted by atomic mass is 10.0. The van der Waals surface area contributed by atoms with Gasteiger partial charge in [0.05, 0.1) is 18.4 Å². The summed E-state index contributed by atoms with van der Waals surface area (Å²) in [6.07, 6.45) is 0. The summed E-state index contributed by atoms with van der Waals surface area (Å²) < 4.78 is 10.0. The Morgan fingerprint density at radius 2 is 1.42 bits per heavy atom. The molecule has 2 amide bonds. The first-order chi connectivity index (χ1) is 16.0. The Labute approximate surface area is 190 Å². The van der Waals surface area contributed by atoms with Crippen LogP contribution in [-0.2, 0) is 14.3 Å². The molecule has 168 valence electrons. The van der Waals surface area contributed by atoms with Crippen molar-refractivity contribution in [3.63, 3.8) is 0 Å². The highest BCUT2D eigenvalue weighted by Gasteiger charge is 2.17. The summed E-state index contributed by atoms with van der Waals surface area (Å²) in [5.74, 6) is -1.80.